The predicted molar refractivity (Wildman–Crippen MR) is 66.0 cm³/mol. The van der Waals surface area contributed by atoms with Gasteiger partial charge in [0.25, 0.3) is 5.91 Å². The van der Waals surface area contributed by atoms with E-state index in [9.17, 15) is 4.79 Å². The summed E-state index contributed by atoms with van der Waals surface area (Å²) in [5.41, 5.74) is 5.65. The summed E-state index contributed by atoms with van der Waals surface area (Å²) in [6, 6.07) is 3.42. The number of rotatable bonds is 1. The molecule has 0 aliphatic carbocycles. The molecule has 1 aliphatic rings. The van der Waals surface area contributed by atoms with Gasteiger partial charge in [-0.25, -0.2) is 4.98 Å². The highest BCUT2D eigenvalue weighted by Gasteiger charge is 2.30. The van der Waals surface area contributed by atoms with Gasteiger partial charge in [-0.15, -0.1) is 0 Å². The molecule has 1 aromatic rings. The Bertz CT molecular complexity index is 452. The molecule has 0 bridgehead atoms. The Labute approximate surface area is 101 Å². The fourth-order valence-corrected chi connectivity index (χ4v) is 1.73. The van der Waals surface area contributed by atoms with Gasteiger partial charge in [-0.3, -0.25) is 9.69 Å². The van der Waals surface area contributed by atoms with Gasteiger partial charge in [0.15, 0.2) is 18.2 Å². The van der Waals surface area contributed by atoms with Crippen molar-refractivity contribution in [1.29, 1.82) is 0 Å². The van der Waals surface area contributed by atoms with E-state index < -0.39 is 0 Å². The Morgan fingerprint density at radius 3 is 2.82 bits per heavy atom. The van der Waals surface area contributed by atoms with Gasteiger partial charge in [0, 0.05) is 6.54 Å². The van der Waals surface area contributed by atoms with E-state index in [1.54, 1.807) is 17.0 Å². The number of anilines is 2. The largest absolute Gasteiger partial charge is 0.480 e. The third-order valence-corrected chi connectivity index (χ3v) is 2.40. The highest BCUT2D eigenvalue weighted by molar-refractivity contribution is 5.96. The maximum Gasteiger partial charge on any atom is 0.266 e. The smallest absolute Gasteiger partial charge is 0.266 e. The second kappa shape index (κ2) is 3.91. The van der Waals surface area contributed by atoms with E-state index in [2.05, 4.69) is 25.8 Å². The summed E-state index contributed by atoms with van der Waals surface area (Å²) in [6.07, 6.45) is 0. The fraction of sp³-hybridized carbons (Fsp3) is 0.500. The molecule has 5 heteroatoms. The number of hydrogen-bond donors (Lipinski definition) is 1. The summed E-state index contributed by atoms with van der Waals surface area (Å²) in [6.45, 7) is 6.87. The lowest BCUT2D eigenvalue weighted by Gasteiger charge is -2.33. The van der Waals surface area contributed by atoms with Crippen molar-refractivity contribution in [2.75, 3.05) is 23.8 Å². The van der Waals surface area contributed by atoms with E-state index in [1.807, 2.05) is 0 Å². The molecule has 0 saturated carbocycles. The monoisotopic (exact) mass is 235 g/mol. The van der Waals surface area contributed by atoms with Gasteiger partial charge in [0.05, 0.1) is 0 Å². The third-order valence-electron chi connectivity index (χ3n) is 2.40. The molecule has 0 fully saturated rings. The fourth-order valence-electron chi connectivity index (χ4n) is 1.73. The maximum atomic E-state index is 11.9. The number of ether oxygens (including phenoxy) is 1. The van der Waals surface area contributed by atoms with Crippen LogP contribution in [0.5, 0.6) is 5.75 Å². The van der Waals surface area contributed by atoms with Crippen LogP contribution in [-0.4, -0.2) is 24.0 Å². The molecule has 0 aromatic carbocycles. The van der Waals surface area contributed by atoms with Crippen molar-refractivity contribution in [3.63, 3.8) is 0 Å². The van der Waals surface area contributed by atoms with Crippen LogP contribution >= 0.6 is 0 Å². The van der Waals surface area contributed by atoms with Crippen LogP contribution in [0, 0.1) is 5.41 Å². The molecule has 2 heterocycles. The molecule has 17 heavy (non-hydrogen) atoms. The Hall–Kier alpha value is -1.78. The lowest BCUT2D eigenvalue weighted by molar-refractivity contribution is -0.121. The summed E-state index contributed by atoms with van der Waals surface area (Å²) >= 11 is 0. The lowest BCUT2D eigenvalue weighted by Crippen LogP contribution is -2.44. The van der Waals surface area contributed by atoms with Crippen LogP contribution in [0.25, 0.3) is 0 Å². The molecule has 1 amide bonds. The van der Waals surface area contributed by atoms with Crippen LogP contribution in [0.4, 0.5) is 11.6 Å². The van der Waals surface area contributed by atoms with Gasteiger partial charge < -0.3 is 10.5 Å². The van der Waals surface area contributed by atoms with Crippen molar-refractivity contribution >= 4 is 17.5 Å². The van der Waals surface area contributed by atoms with Crippen molar-refractivity contribution in [2.45, 2.75) is 20.8 Å². The predicted octanol–water partition coefficient (Wildman–Crippen LogP) is 1.44. The lowest BCUT2D eigenvalue weighted by atomic mass is 9.96. The Morgan fingerprint density at radius 1 is 1.47 bits per heavy atom. The van der Waals surface area contributed by atoms with Crippen LogP contribution in [0.1, 0.15) is 20.8 Å². The molecule has 1 aromatic heterocycles. The van der Waals surface area contributed by atoms with Crippen molar-refractivity contribution in [3.05, 3.63) is 12.1 Å². The van der Waals surface area contributed by atoms with E-state index in [1.165, 1.54) is 0 Å². The van der Waals surface area contributed by atoms with Gasteiger partial charge in [0.2, 0.25) is 0 Å². The van der Waals surface area contributed by atoms with Crippen LogP contribution < -0.4 is 15.4 Å². The van der Waals surface area contributed by atoms with Crippen molar-refractivity contribution in [2.24, 2.45) is 5.41 Å². The number of fused-ring (bicyclic) bond motifs is 1. The second-order valence-electron chi connectivity index (χ2n) is 5.39. The normalized spacial score (nSPS) is 15.5. The average molecular weight is 235 g/mol. The van der Waals surface area contributed by atoms with E-state index in [0.717, 1.165) is 0 Å². The Morgan fingerprint density at radius 2 is 2.18 bits per heavy atom. The zero-order valence-corrected chi connectivity index (χ0v) is 10.4. The molecular weight excluding hydrogens is 218 g/mol. The number of hydrogen-bond acceptors (Lipinski definition) is 4. The quantitative estimate of drug-likeness (QED) is 0.799. The second-order valence-corrected chi connectivity index (χ2v) is 5.39. The van der Waals surface area contributed by atoms with Crippen LogP contribution in [0.2, 0.25) is 0 Å². The number of aromatic nitrogens is 1. The van der Waals surface area contributed by atoms with E-state index in [0.29, 0.717) is 23.9 Å². The number of nitrogens with zero attached hydrogens (tertiary/aromatic N) is 2. The molecule has 92 valence electrons. The molecule has 0 radical (unpaired) electrons. The highest BCUT2D eigenvalue weighted by atomic mass is 16.5. The summed E-state index contributed by atoms with van der Waals surface area (Å²) in [5, 5.41) is 0. The summed E-state index contributed by atoms with van der Waals surface area (Å²) in [5.74, 6) is 1.45. The number of amides is 1. The maximum absolute atomic E-state index is 11.9. The Kier molecular flexibility index (Phi) is 2.69. The van der Waals surface area contributed by atoms with E-state index in [4.69, 9.17) is 10.5 Å². The first-order valence-corrected chi connectivity index (χ1v) is 5.56. The number of carbonyl (C=O) groups is 1. The van der Waals surface area contributed by atoms with Crippen LogP contribution in [0.3, 0.4) is 0 Å². The topological polar surface area (TPSA) is 68.5 Å². The summed E-state index contributed by atoms with van der Waals surface area (Å²) in [4.78, 5) is 17.7. The SMILES string of the molecule is CC(C)(C)CN1C(=O)COc2ccc(N)nc21. The molecule has 0 spiro atoms. The molecule has 1 aliphatic heterocycles. The van der Waals surface area contributed by atoms with Gasteiger partial charge in [-0.2, -0.15) is 0 Å². The van der Waals surface area contributed by atoms with E-state index >= 15 is 0 Å². The minimum absolute atomic E-state index is 0.00342. The van der Waals surface area contributed by atoms with Crippen LogP contribution in [0.15, 0.2) is 12.1 Å². The first-order valence-electron chi connectivity index (χ1n) is 5.56. The first kappa shape index (κ1) is 11.7. The molecule has 2 N–H and O–H groups in total. The van der Waals surface area contributed by atoms with E-state index in [-0.39, 0.29) is 17.9 Å². The highest BCUT2D eigenvalue weighted by Crippen LogP contribution is 2.32. The number of pyridine rings is 1. The number of nitrogen functional groups attached to an aromatic ring is 1. The van der Waals surface area contributed by atoms with Gasteiger partial charge in [-0.1, -0.05) is 20.8 Å². The van der Waals surface area contributed by atoms with Crippen molar-refractivity contribution < 1.29 is 9.53 Å². The van der Waals surface area contributed by atoms with Crippen LogP contribution in [-0.2, 0) is 4.79 Å². The molecule has 5 nitrogen and oxygen atoms in total. The molecule has 0 atom stereocenters. The first-order chi connectivity index (χ1) is 7.87. The van der Waals surface area contributed by atoms with Gasteiger partial charge in [-0.05, 0) is 17.5 Å². The number of carbonyl (C=O) groups excluding carboxylic acids is 1. The Balaban J connectivity index is 2.39. The van der Waals surface area contributed by atoms with Crippen molar-refractivity contribution in [1.82, 2.24) is 4.98 Å². The molecule has 2 rings (SSSR count). The summed E-state index contributed by atoms with van der Waals surface area (Å²) in [7, 11) is 0. The zero-order valence-electron chi connectivity index (χ0n) is 10.4. The van der Waals surface area contributed by atoms with Gasteiger partial charge >= 0.3 is 0 Å². The molecule has 0 saturated heterocycles. The molecule has 0 unspecified atom stereocenters. The minimum atomic E-state index is -0.0782. The summed E-state index contributed by atoms with van der Waals surface area (Å²) < 4.78 is 5.33. The zero-order chi connectivity index (χ0) is 12.6. The number of nitrogens with two attached hydrogens (primary N) is 1. The minimum Gasteiger partial charge on any atom is -0.480 e. The van der Waals surface area contributed by atoms with Crippen molar-refractivity contribution in [3.8, 4) is 5.75 Å². The standard InChI is InChI=1S/C12H17N3O2/c1-12(2,3)7-15-10(16)6-17-8-4-5-9(13)14-11(8)15/h4-5H,6-7H2,1-3H3,(H2,13,14). The van der Waals surface area contributed by atoms with Gasteiger partial charge in [0.1, 0.15) is 5.82 Å². The third kappa shape index (κ3) is 2.49. The molecular formula is C12H17N3O2. The average Bonchev–Trinajstić information content (AvgIpc) is 2.21.